The summed E-state index contributed by atoms with van der Waals surface area (Å²) < 4.78 is 4.26. The minimum absolute atomic E-state index is 0.620. The molecule has 2 heterocycles. The highest BCUT2D eigenvalue weighted by Gasteiger charge is 2.15. The summed E-state index contributed by atoms with van der Waals surface area (Å²) in [6, 6.07) is 5.58. The van der Waals surface area contributed by atoms with E-state index in [1.807, 2.05) is 38.4 Å². The van der Waals surface area contributed by atoms with Crippen molar-refractivity contribution in [1.82, 2.24) is 30.0 Å². The third-order valence-corrected chi connectivity index (χ3v) is 3.32. The number of nitrogens with two attached hydrogens (primary N) is 1. The van der Waals surface area contributed by atoms with E-state index < -0.39 is 0 Å². The van der Waals surface area contributed by atoms with Gasteiger partial charge in [0.2, 0.25) is 0 Å². The van der Waals surface area contributed by atoms with Crippen LogP contribution in [0.3, 0.4) is 0 Å². The van der Waals surface area contributed by atoms with Crippen LogP contribution in [0.2, 0.25) is 0 Å². The maximum atomic E-state index is 5.86. The fourth-order valence-corrected chi connectivity index (χ4v) is 2.58. The van der Waals surface area contributed by atoms with Crippen LogP contribution in [-0.2, 0) is 7.05 Å². The Balaban J connectivity index is 2.17. The number of hydrogen-bond donors (Lipinski definition) is 1. The molecule has 0 bridgehead atoms. The molecule has 0 saturated heterocycles. The SMILES string of the molecule is Cc1nn(C)cc1-n1nnnc1-c1cc(N)cc(Br)c1. The number of nitrogen functional groups attached to an aromatic ring is 1. The zero-order valence-electron chi connectivity index (χ0n) is 10.9. The van der Waals surface area contributed by atoms with Gasteiger partial charge in [0.05, 0.1) is 11.9 Å². The van der Waals surface area contributed by atoms with Crippen molar-refractivity contribution in [2.75, 3.05) is 5.73 Å². The number of nitrogens with zero attached hydrogens (tertiary/aromatic N) is 6. The van der Waals surface area contributed by atoms with Crippen molar-refractivity contribution in [3.05, 3.63) is 34.6 Å². The number of hydrogen-bond acceptors (Lipinski definition) is 5. The van der Waals surface area contributed by atoms with Crippen LogP contribution in [0, 0.1) is 6.92 Å². The van der Waals surface area contributed by atoms with Crippen LogP contribution in [0.25, 0.3) is 17.1 Å². The van der Waals surface area contributed by atoms with Crippen LogP contribution < -0.4 is 5.73 Å². The number of tetrazole rings is 1. The van der Waals surface area contributed by atoms with E-state index in [4.69, 9.17) is 5.73 Å². The molecule has 2 aromatic heterocycles. The summed E-state index contributed by atoms with van der Waals surface area (Å²) in [4.78, 5) is 0. The number of aryl methyl sites for hydroxylation is 2. The first-order chi connectivity index (χ1) is 9.54. The first-order valence-corrected chi connectivity index (χ1v) is 6.69. The first-order valence-electron chi connectivity index (χ1n) is 5.90. The van der Waals surface area contributed by atoms with Crippen molar-refractivity contribution in [3.63, 3.8) is 0 Å². The maximum absolute atomic E-state index is 5.86. The minimum atomic E-state index is 0.620. The molecule has 1 aromatic carbocycles. The van der Waals surface area contributed by atoms with Crippen molar-refractivity contribution in [3.8, 4) is 17.1 Å². The molecular weight excluding hydrogens is 322 g/mol. The third kappa shape index (κ3) is 2.18. The highest BCUT2D eigenvalue weighted by molar-refractivity contribution is 9.10. The van der Waals surface area contributed by atoms with Gasteiger partial charge in [-0.05, 0) is 35.5 Å². The van der Waals surface area contributed by atoms with Crippen LogP contribution >= 0.6 is 15.9 Å². The van der Waals surface area contributed by atoms with Gasteiger partial charge in [0.15, 0.2) is 5.82 Å². The Kier molecular flexibility index (Phi) is 3.01. The molecule has 0 radical (unpaired) electrons. The summed E-state index contributed by atoms with van der Waals surface area (Å²) in [5.74, 6) is 0.620. The largest absolute Gasteiger partial charge is 0.399 e. The average molecular weight is 334 g/mol. The second-order valence-corrected chi connectivity index (χ2v) is 5.38. The lowest BCUT2D eigenvalue weighted by atomic mass is 10.2. The van der Waals surface area contributed by atoms with Crippen LogP contribution in [0.5, 0.6) is 0 Å². The Labute approximate surface area is 123 Å². The zero-order chi connectivity index (χ0) is 14.3. The summed E-state index contributed by atoms with van der Waals surface area (Å²) in [5.41, 5.74) is 9.04. The van der Waals surface area contributed by atoms with Gasteiger partial charge in [0.1, 0.15) is 5.69 Å². The van der Waals surface area contributed by atoms with Crippen LogP contribution in [-0.4, -0.2) is 30.0 Å². The van der Waals surface area contributed by atoms with Gasteiger partial charge in [-0.3, -0.25) is 4.68 Å². The van der Waals surface area contributed by atoms with Crippen LogP contribution in [0.4, 0.5) is 5.69 Å². The molecule has 0 aliphatic heterocycles. The molecule has 7 nitrogen and oxygen atoms in total. The van der Waals surface area contributed by atoms with Crippen LogP contribution in [0.1, 0.15) is 5.69 Å². The van der Waals surface area contributed by atoms with E-state index >= 15 is 0 Å². The zero-order valence-corrected chi connectivity index (χ0v) is 12.5. The number of halogens is 1. The molecule has 0 saturated carbocycles. The molecule has 3 rings (SSSR count). The Morgan fingerprint density at radius 1 is 1.25 bits per heavy atom. The third-order valence-electron chi connectivity index (χ3n) is 2.86. The quantitative estimate of drug-likeness (QED) is 0.721. The molecule has 0 amide bonds. The molecule has 0 atom stereocenters. The van der Waals surface area contributed by atoms with Crippen molar-refractivity contribution in [1.29, 1.82) is 0 Å². The summed E-state index contributed by atoms with van der Waals surface area (Å²) in [6.45, 7) is 1.91. The van der Waals surface area contributed by atoms with Crippen LogP contribution in [0.15, 0.2) is 28.9 Å². The molecule has 0 aliphatic carbocycles. The van der Waals surface area contributed by atoms with Gasteiger partial charge in [-0.2, -0.15) is 9.78 Å². The van der Waals surface area contributed by atoms with Crippen molar-refractivity contribution in [2.24, 2.45) is 7.05 Å². The molecule has 0 spiro atoms. The molecule has 102 valence electrons. The van der Waals surface area contributed by atoms with Gasteiger partial charge in [-0.1, -0.05) is 15.9 Å². The van der Waals surface area contributed by atoms with E-state index in [2.05, 4.69) is 36.6 Å². The molecule has 20 heavy (non-hydrogen) atoms. The first kappa shape index (κ1) is 12.8. The Morgan fingerprint density at radius 3 is 2.70 bits per heavy atom. The van der Waals surface area contributed by atoms with Gasteiger partial charge < -0.3 is 5.73 Å². The molecule has 8 heteroatoms. The molecular formula is C12H12BrN7. The van der Waals surface area contributed by atoms with E-state index in [1.54, 1.807) is 9.36 Å². The maximum Gasteiger partial charge on any atom is 0.187 e. The predicted molar refractivity (Wildman–Crippen MR) is 78.2 cm³/mol. The van der Waals surface area contributed by atoms with Gasteiger partial charge in [0, 0.05) is 22.8 Å². The van der Waals surface area contributed by atoms with Gasteiger partial charge in [-0.15, -0.1) is 5.10 Å². The fourth-order valence-electron chi connectivity index (χ4n) is 2.07. The van der Waals surface area contributed by atoms with E-state index in [-0.39, 0.29) is 0 Å². The molecule has 2 N–H and O–H groups in total. The monoisotopic (exact) mass is 333 g/mol. The standard InChI is InChI=1S/C12H12BrN7/c1-7-11(6-19(2)16-7)20-12(15-17-18-20)8-3-9(13)5-10(14)4-8/h3-6H,14H2,1-2H3. The second-order valence-electron chi connectivity index (χ2n) is 4.46. The Bertz CT molecular complexity index is 754. The van der Waals surface area contributed by atoms with Crippen molar-refractivity contribution >= 4 is 21.6 Å². The second kappa shape index (κ2) is 4.71. The Morgan fingerprint density at radius 2 is 2.05 bits per heavy atom. The number of aromatic nitrogens is 6. The fraction of sp³-hybridized carbons (Fsp3) is 0.167. The van der Waals surface area contributed by atoms with E-state index in [9.17, 15) is 0 Å². The lowest BCUT2D eigenvalue weighted by Gasteiger charge is -2.04. The molecule has 3 aromatic rings. The average Bonchev–Trinajstić information content (AvgIpc) is 2.94. The van der Waals surface area contributed by atoms with E-state index in [0.717, 1.165) is 21.4 Å². The Hall–Kier alpha value is -2.22. The molecule has 0 unspecified atom stereocenters. The summed E-state index contributed by atoms with van der Waals surface area (Å²) in [6.07, 6.45) is 1.87. The highest BCUT2D eigenvalue weighted by atomic mass is 79.9. The minimum Gasteiger partial charge on any atom is -0.399 e. The van der Waals surface area contributed by atoms with Gasteiger partial charge in [-0.25, -0.2) is 0 Å². The molecule has 0 fully saturated rings. The van der Waals surface area contributed by atoms with Crippen molar-refractivity contribution in [2.45, 2.75) is 6.92 Å². The normalized spacial score (nSPS) is 10.9. The molecule has 0 aliphatic rings. The van der Waals surface area contributed by atoms with Crippen molar-refractivity contribution < 1.29 is 0 Å². The predicted octanol–water partition coefficient (Wildman–Crippen LogP) is 1.72. The lowest BCUT2D eigenvalue weighted by molar-refractivity contribution is 0.755. The smallest absolute Gasteiger partial charge is 0.187 e. The summed E-state index contributed by atoms with van der Waals surface area (Å²) in [5, 5.41) is 16.2. The summed E-state index contributed by atoms with van der Waals surface area (Å²) in [7, 11) is 1.86. The van der Waals surface area contributed by atoms with E-state index in [1.165, 1.54) is 0 Å². The highest BCUT2D eigenvalue weighted by Crippen LogP contribution is 2.26. The lowest BCUT2D eigenvalue weighted by Crippen LogP contribution is -2.01. The number of rotatable bonds is 2. The number of benzene rings is 1. The van der Waals surface area contributed by atoms with Gasteiger partial charge >= 0.3 is 0 Å². The summed E-state index contributed by atoms with van der Waals surface area (Å²) >= 11 is 3.42. The van der Waals surface area contributed by atoms with E-state index in [0.29, 0.717) is 11.5 Å². The number of anilines is 1. The topological polar surface area (TPSA) is 87.4 Å². The van der Waals surface area contributed by atoms with Gasteiger partial charge in [0.25, 0.3) is 0 Å².